The number of halogens is 2. The lowest BCUT2D eigenvalue weighted by Crippen LogP contribution is -1.95. The van der Waals surface area contributed by atoms with Crippen LogP contribution < -0.4 is 0 Å². The van der Waals surface area contributed by atoms with Crippen LogP contribution in [-0.2, 0) is 7.05 Å². The van der Waals surface area contributed by atoms with Gasteiger partial charge in [0.25, 0.3) is 0 Å². The lowest BCUT2D eigenvalue weighted by molar-refractivity contribution is 0.629. The van der Waals surface area contributed by atoms with E-state index in [1.807, 2.05) is 19.3 Å². The first-order chi connectivity index (χ1) is 11.1. The molecule has 4 aromatic rings. The molecule has 0 atom stereocenters. The van der Waals surface area contributed by atoms with Crippen molar-refractivity contribution in [2.75, 3.05) is 0 Å². The van der Waals surface area contributed by atoms with Gasteiger partial charge in [-0.25, -0.2) is 13.9 Å². The van der Waals surface area contributed by atoms with Gasteiger partial charge in [0, 0.05) is 41.1 Å². The number of nitrogens with zero attached hydrogens (tertiary/aromatic N) is 5. The monoisotopic (exact) mass is 371 g/mol. The van der Waals surface area contributed by atoms with Crippen LogP contribution in [-0.4, -0.2) is 24.4 Å². The maximum Gasteiger partial charge on any atom is 0.156 e. The minimum Gasteiger partial charge on any atom is -0.275 e. The molecule has 0 radical (unpaired) electrons. The van der Waals surface area contributed by atoms with Crippen molar-refractivity contribution in [1.82, 2.24) is 24.4 Å². The Morgan fingerprint density at radius 2 is 2.04 bits per heavy atom. The fourth-order valence-corrected chi connectivity index (χ4v) is 2.83. The molecule has 0 aliphatic heterocycles. The van der Waals surface area contributed by atoms with Crippen molar-refractivity contribution >= 4 is 21.6 Å². The molecule has 7 heteroatoms. The molecular weight excluding hydrogens is 361 g/mol. The van der Waals surface area contributed by atoms with Crippen LogP contribution in [0.15, 0.2) is 53.4 Å². The van der Waals surface area contributed by atoms with E-state index < -0.39 is 0 Å². The number of aromatic nitrogens is 5. The summed E-state index contributed by atoms with van der Waals surface area (Å²) in [6.45, 7) is 0. The van der Waals surface area contributed by atoms with Gasteiger partial charge in [-0.1, -0.05) is 15.9 Å². The summed E-state index contributed by atoms with van der Waals surface area (Å²) >= 11 is 3.26. The van der Waals surface area contributed by atoms with Gasteiger partial charge in [-0.15, -0.1) is 0 Å². The van der Waals surface area contributed by atoms with Crippen molar-refractivity contribution in [3.05, 3.63) is 59.2 Å². The van der Waals surface area contributed by atoms with Gasteiger partial charge in [-0.05, 0) is 24.3 Å². The molecule has 0 amide bonds. The number of benzene rings is 1. The molecule has 23 heavy (non-hydrogen) atoms. The molecule has 114 valence electrons. The second kappa shape index (κ2) is 5.27. The molecule has 4 rings (SSSR count). The molecule has 0 saturated carbocycles. The van der Waals surface area contributed by atoms with Gasteiger partial charge in [0.2, 0.25) is 0 Å². The fraction of sp³-hybridized carbons (Fsp3) is 0.0625. The van der Waals surface area contributed by atoms with Gasteiger partial charge < -0.3 is 0 Å². The van der Waals surface area contributed by atoms with Crippen molar-refractivity contribution in [1.29, 1.82) is 0 Å². The number of hydrogen-bond acceptors (Lipinski definition) is 3. The Morgan fingerprint density at radius 3 is 2.78 bits per heavy atom. The molecular formula is C16H11BrFN5. The molecule has 1 aromatic carbocycles. The lowest BCUT2D eigenvalue weighted by Gasteiger charge is -2.01. The molecule has 0 bridgehead atoms. The summed E-state index contributed by atoms with van der Waals surface area (Å²) in [4.78, 5) is 4.31. The Balaban J connectivity index is 1.91. The first-order valence-electron chi connectivity index (χ1n) is 6.91. The molecule has 0 saturated heterocycles. The van der Waals surface area contributed by atoms with Crippen molar-refractivity contribution in [3.8, 4) is 22.5 Å². The van der Waals surface area contributed by atoms with E-state index >= 15 is 0 Å². The first-order valence-corrected chi connectivity index (χ1v) is 7.70. The van der Waals surface area contributed by atoms with Crippen LogP contribution in [0.3, 0.4) is 0 Å². The Labute approximate surface area is 139 Å². The van der Waals surface area contributed by atoms with Gasteiger partial charge in [-0.2, -0.15) is 10.2 Å². The van der Waals surface area contributed by atoms with Gasteiger partial charge in [0.15, 0.2) is 5.65 Å². The molecule has 0 fully saturated rings. The normalized spacial score (nSPS) is 11.3. The predicted molar refractivity (Wildman–Crippen MR) is 88.3 cm³/mol. The Morgan fingerprint density at radius 1 is 1.17 bits per heavy atom. The summed E-state index contributed by atoms with van der Waals surface area (Å²) < 4.78 is 18.3. The maximum absolute atomic E-state index is 14.2. The summed E-state index contributed by atoms with van der Waals surface area (Å²) in [5, 5.41) is 8.70. The predicted octanol–water partition coefficient (Wildman–Crippen LogP) is 3.70. The van der Waals surface area contributed by atoms with Crippen LogP contribution in [0, 0.1) is 5.82 Å². The first kappa shape index (κ1) is 14.1. The molecule has 5 nitrogen and oxygen atoms in total. The third-order valence-electron chi connectivity index (χ3n) is 3.57. The van der Waals surface area contributed by atoms with Crippen LogP contribution in [0.2, 0.25) is 0 Å². The molecule has 0 N–H and O–H groups in total. The molecule has 3 heterocycles. The highest BCUT2D eigenvalue weighted by atomic mass is 79.9. The van der Waals surface area contributed by atoms with Gasteiger partial charge >= 0.3 is 0 Å². The molecule has 0 unspecified atom stereocenters. The quantitative estimate of drug-likeness (QED) is 0.539. The van der Waals surface area contributed by atoms with Crippen LogP contribution in [0.25, 0.3) is 28.2 Å². The highest BCUT2D eigenvalue weighted by Gasteiger charge is 2.13. The largest absolute Gasteiger partial charge is 0.275 e. The summed E-state index contributed by atoms with van der Waals surface area (Å²) in [6, 6.07) is 8.54. The van der Waals surface area contributed by atoms with Crippen molar-refractivity contribution < 1.29 is 4.39 Å². The van der Waals surface area contributed by atoms with E-state index in [0.29, 0.717) is 21.4 Å². The number of aryl methyl sites for hydroxylation is 1. The summed E-state index contributed by atoms with van der Waals surface area (Å²) in [7, 11) is 1.85. The van der Waals surface area contributed by atoms with E-state index in [1.165, 1.54) is 6.07 Å². The van der Waals surface area contributed by atoms with Gasteiger partial charge in [0.05, 0.1) is 17.6 Å². The summed E-state index contributed by atoms with van der Waals surface area (Å²) in [6.07, 6.45) is 5.37. The molecule has 0 spiro atoms. The highest BCUT2D eigenvalue weighted by Crippen LogP contribution is 2.27. The molecule has 0 aliphatic carbocycles. The number of hydrogen-bond donors (Lipinski definition) is 0. The van der Waals surface area contributed by atoms with Crippen LogP contribution in [0.1, 0.15) is 0 Å². The van der Waals surface area contributed by atoms with E-state index in [-0.39, 0.29) is 5.82 Å². The van der Waals surface area contributed by atoms with E-state index in [2.05, 4.69) is 31.1 Å². The average Bonchev–Trinajstić information content (AvgIpc) is 3.12. The average molecular weight is 372 g/mol. The topological polar surface area (TPSA) is 48.0 Å². The molecule has 3 aromatic heterocycles. The minimum absolute atomic E-state index is 0.328. The standard InChI is InChI=1S/C16H11BrFN5/c1-22-9-10(8-20-22)15-4-5-19-16-7-14(21-23(15)16)12-3-2-11(17)6-13(12)18/h2-9H,1H3. The third-order valence-corrected chi connectivity index (χ3v) is 4.06. The summed E-state index contributed by atoms with van der Waals surface area (Å²) in [5.74, 6) is -0.328. The number of fused-ring (bicyclic) bond motifs is 1. The number of rotatable bonds is 2. The van der Waals surface area contributed by atoms with Crippen molar-refractivity contribution in [3.63, 3.8) is 0 Å². The molecule has 0 aliphatic rings. The highest BCUT2D eigenvalue weighted by molar-refractivity contribution is 9.10. The second-order valence-corrected chi connectivity index (χ2v) is 6.07. The third kappa shape index (κ3) is 2.43. The smallest absolute Gasteiger partial charge is 0.156 e. The van der Waals surface area contributed by atoms with Crippen molar-refractivity contribution in [2.24, 2.45) is 7.05 Å². The zero-order valence-corrected chi connectivity index (χ0v) is 13.7. The SMILES string of the molecule is Cn1cc(-c2ccnc3cc(-c4ccc(Br)cc4F)nn23)cn1. The summed E-state index contributed by atoms with van der Waals surface area (Å²) in [5.41, 5.74) is 3.41. The van der Waals surface area contributed by atoms with Gasteiger partial charge in [-0.3, -0.25) is 4.68 Å². The zero-order valence-electron chi connectivity index (χ0n) is 12.1. The minimum atomic E-state index is -0.328. The fourth-order valence-electron chi connectivity index (χ4n) is 2.50. The maximum atomic E-state index is 14.2. The van der Waals surface area contributed by atoms with Crippen LogP contribution >= 0.6 is 15.9 Å². The van der Waals surface area contributed by atoms with E-state index in [0.717, 1.165) is 11.3 Å². The zero-order chi connectivity index (χ0) is 16.0. The Kier molecular flexibility index (Phi) is 3.23. The van der Waals surface area contributed by atoms with Crippen molar-refractivity contribution in [2.45, 2.75) is 0 Å². The lowest BCUT2D eigenvalue weighted by atomic mass is 10.1. The Bertz CT molecular complexity index is 1020. The van der Waals surface area contributed by atoms with Crippen LogP contribution in [0.4, 0.5) is 4.39 Å². The van der Waals surface area contributed by atoms with Crippen LogP contribution in [0.5, 0.6) is 0 Å². The van der Waals surface area contributed by atoms with E-state index in [4.69, 9.17) is 0 Å². The van der Waals surface area contributed by atoms with E-state index in [9.17, 15) is 4.39 Å². The second-order valence-electron chi connectivity index (χ2n) is 5.16. The van der Waals surface area contributed by atoms with Gasteiger partial charge in [0.1, 0.15) is 5.82 Å². The Hall–Kier alpha value is -2.54. The van der Waals surface area contributed by atoms with E-state index in [1.54, 1.807) is 39.8 Å².